The number of likely N-dealkylation sites (tertiary alicyclic amines) is 1. The molecular weight excluding hydrogens is 486 g/mol. The molecule has 6 rings (SSSR count). The molecule has 1 N–H and O–H groups in total. The lowest BCUT2D eigenvalue weighted by molar-refractivity contribution is 0.211. The zero-order valence-electron chi connectivity index (χ0n) is 21.2. The molecule has 0 bridgehead atoms. The van der Waals surface area contributed by atoms with E-state index >= 15 is 0 Å². The van der Waals surface area contributed by atoms with Gasteiger partial charge in [-0.15, -0.1) is 0 Å². The van der Waals surface area contributed by atoms with Crippen molar-refractivity contribution in [3.63, 3.8) is 0 Å². The number of imidazole rings is 1. The molecule has 9 heteroatoms. The topological polar surface area (TPSA) is 119 Å². The quantitative estimate of drug-likeness (QED) is 0.349. The van der Waals surface area contributed by atoms with Crippen LogP contribution in [0.5, 0.6) is 0 Å². The van der Waals surface area contributed by atoms with Crippen LogP contribution in [0.1, 0.15) is 29.9 Å². The summed E-state index contributed by atoms with van der Waals surface area (Å²) in [5, 5.41) is 26.3. The second-order valence-electron chi connectivity index (χ2n) is 9.54. The zero-order valence-corrected chi connectivity index (χ0v) is 21.2. The molecule has 1 saturated heterocycles. The highest BCUT2D eigenvalue weighted by molar-refractivity contribution is 5.81. The fourth-order valence-electron chi connectivity index (χ4n) is 5.01. The number of hydrogen-bond acceptors (Lipinski definition) is 8. The van der Waals surface area contributed by atoms with Gasteiger partial charge < -0.3 is 5.32 Å². The van der Waals surface area contributed by atoms with Crippen LogP contribution >= 0.6 is 0 Å². The Morgan fingerprint density at radius 1 is 0.846 bits per heavy atom. The maximum atomic E-state index is 9.38. The number of nitrogens with zero attached hydrogens (tertiary/aromatic N) is 8. The number of hydrogen-bond donors (Lipinski definition) is 1. The van der Waals surface area contributed by atoms with E-state index in [1.807, 2.05) is 42.5 Å². The molecule has 5 aromatic rings. The number of rotatable bonds is 6. The van der Waals surface area contributed by atoms with E-state index in [-0.39, 0.29) is 5.82 Å². The molecule has 0 radical (unpaired) electrons. The maximum Gasteiger partial charge on any atom is 0.234 e. The Kier molecular flexibility index (Phi) is 6.65. The molecule has 190 valence electrons. The van der Waals surface area contributed by atoms with E-state index in [4.69, 9.17) is 10.2 Å². The SMILES string of the molecule is N#Cc1ccc2nc(-c3ccc(CN4CCC(Nc5ccnc(C#N)n5)CC4)cc3)c(-c3ccccc3)n2n1. The lowest BCUT2D eigenvalue weighted by Gasteiger charge is -2.32. The van der Waals surface area contributed by atoms with Crippen LogP contribution in [-0.4, -0.2) is 48.6 Å². The maximum absolute atomic E-state index is 9.38. The largest absolute Gasteiger partial charge is 0.367 e. The monoisotopic (exact) mass is 511 g/mol. The molecule has 3 aromatic heterocycles. The summed E-state index contributed by atoms with van der Waals surface area (Å²) in [7, 11) is 0. The molecule has 4 heterocycles. The summed E-state index contributed by atoms with van der Waals surface area (Å²) in [6, 6.07) is 28.4. The van der Waals surface area contributed by atoms with Crippen LogP contribution in [0.4, 0.5) is 5.82 Å². The van der Waals surface area contributed by atoms with Crippen molar-refractivity contribution in [2.24, 2.45) is 0 Å². The number of fused-ring (bicyclic) bond motifs is 1. The second-order valence-corrected chi connectivity index (χ2v) is 9.54. The molecule has 9 nitrogen and oxygen atoms in total. The number of nitriles is 2. The molecule has 39 heavy (non-hydrogen) atoms. The van der Waals surface area contributed by atoms with E-state index < -0.39 is 0 Å². The highest BCUT2D eigenvalue weighted by Gasteiger charge is 2.21. The van der Waals surface area contributed by atoms with Gasteiger partial charge >= 0.3 is 0 Å². The van der Waals surface area contributed by atoms with Gasteiger partial charge in [0.2, 0.25) is 5.82 Å². The van der Waals surface area contributed by atoms with Crippen LogP contribution in [0.3, 0.4) is 0 Å². The van der Waals surface area contributed by atoms with Gasteiger partial charge in [-0.2, -0.15) is 15.6 Å². The van der Waals surface area contributed by atoms with Gasteiger partial charge in [-0.05, 0) is 36.6 Å². The van der Waals surface area contributed by atoms with Gasteiger partial charge in [0.25, 0.3) is 0 Å². The average Bonchev–Trinajstić information content (AvgIpc) is 3.38. The number of piperidine rings is 1. The summed E-state index contributed by atoms with van der Waals surface area (Å²) in [5.41, 5.74) is 6.01. The van der Waals surface area contributed by atoms with Crippen LogP contribution in [0.15, 0.2) is 79.0 Å². The van der Waals surface area contributed by atoms with Gasteiger partial charge in [0.15, 0.2) is 11.3 Å². The van der Waals surface area contributed by atoms with Crippen molar-refractivity contribution >= 4 is 11.5 Å². The summed E-state index contributed by atoms with van der Waals surface area (Å²) in [4.78, 5) is 15.5. The smallest absolute Gasteiger partial charge is 0.234 e. The summed E-state index contributed by atoms with van der Waals surface area (Å²) in [6.45, 7) is 2.84. The first-order valence-electron chi connectivity index (χ1n) is 12.9. The van der Waals surface area contributed by atoms with E-state index in [1.54, 1.807) is 22.8 Å². The molecule has 0 unspecified atom stereocenters. The Hall–Kier alpha value is -5.12. The van der Waals surface area contributed by atoms with Gasteiger partial charge in [-0.25, -0.2) is 19.5 Å². The lowest BCUT2D eigenvalue weighted by Crippen LogP contribution is -2.38. The van der Waals surface area contributed by atoms with Gasteiger partial charge in [0, 0.05) is 43.0 Å². The molecule has 0 spiro atoms. The Bertz CT molecular complexity index is 1690. The first kappa shape index (κ1) is 24.2. The average molecular weight is 512 g/mol. The first-order valence-corrected chi connectivity index (χ1v) is 12.9. The zero-order chi connectivity index (χ0) is 26.6. The minimum absolute atomic E-state index is 0.184. The van der Waals surface area contributed by atoms with Crippen molar-refractivity contribution in [1.82, 2.24) is 29.5 Å². The summed E-state index contributed by atoms with van der Waals surface area (Å²) < 4.78 is 1.76. The molecule has 0 amide bonds. The lowest BCUT2D eigenvalue weighted by atomic mass is 10.0. The summed E-state index contributed by atoms with van der Waals surface area (Å²) >= 11 is 0. The Balaban J connectivity index is 1.17. The van der Waals surface area contributed by atoms with Crippen molar-refractivity contribution in [3.8, 4) is 34.7 Å². The molecule has 1 aliphatic rings. The normalized spacial score (nSPS) is 14.1. The fraction of sp³-hybridized carbons (Fsp3) is 0.200. The van der Waals surface area contributed by atoms with Crippen molar-refractivity contribution in [3.05, 3.63) is 96.1 Å². The fourth-order valence-corrected chi connectivity index (χ4v) is 5.01. The van der Waals surface area contributed by atoms with Gasteiger partial charge in [-0.3, -0.25) is 4.90 Å². The third-order valence-electron chi connectivity index (χ3n) is 6.97. The second kappa shape index (κ2) is 10.7. The van der Waals surface area contributed by atoms with E-state index in [1.165, 1.54) is 5.56 Å². The molecule has 2 aromatic carbocycles. The summed E-state index contributed by atoms with van der Waals surface area (Å²) in [6.07, 6.45) is 3.62. The van der Waals surface area contributed by atoms with E-state index in [0.29, 0.717) is 23.2 Å². The molecular formula is C30H25N9. The molecule has 0 aliphatic carbocycles. The standard InChI is InChI=1S/C30H25N9/c31-18-25-10-11-28-36-29(30(39(28)37-25)23-4-2-1-3-5-23)22-8-6-21(7-9-22)20-38-16-13-24(14-17-38)34-26-12-15-33-27(19-32)35-26/h1-12,15,24H,13-14,16-17,20H2,(H,33,34,35). The molecule has 1 aliphatic heterocycles. The van der Waals surface area contributed by atoms with Crippen LogP contribution in [0, 0.1) is 22.7 Å². The predicted molar refractivity (Wildman–Crippen MR) is 147 cm³/mol. The number of nitrogens with one attached hydrogen (secondary N) is 1. The van der Waals surface area contributed by atoms with E-state index in [2.05, 4.69) is 55.6 Å². The molecule has 1 fully saturated rings. The molecule has 0 saturated carbocycles. The van der Waals surface area contributed by atoms with Crippen LogP contribution in [-0.2, 0) is 6.54 Å². The van der Waals surface area contributed by atoms with Gasteiger partial charge in [0.05, 0.1) is 5.69 Å². The van der Waals surface area contributed by atoms with Crippen molar-refractivity contribution in [1.29, 1.82) is 10.5 Å². The number of anilines is 1. The van der Waals surface area contributed by atoms with Gasteiger partial charge in [0.1, 0.15) is 23.7 Å². The Labute approximate surface area is 226 Å². The van der Waals surface area contributed by atoms with Crippen molar-refractivity contribution in [2.75, 3.05) is 18.4 Å². The highest BCUT2D eigenvalue weighted by atomic mass is 15.3. The third-order valence-corrected chi connectivity index (χ3v) is 6.97. The van der Waals surface area contributed by atoms with Crippen molar-refractivity contribution in [2.45, 2.75) is 25.4 Å². The van der Waals surface area contributed by atoms with Crippen LogP contribution in [0.25, 0.3) is 28.2 Å². The van der Waals surface area contributed by atoms with Crippen molar-refractivity contribution < 1.29 is 0 Å². The first-order chi connectivity index (χ1) is 19.2. The van der Waals surface area contributed by atoms with E-state index in [0.717, 1.165) is 55.0 Å². The third kappa shape index (κ3) is 5.17. The van der Waals surface area contributed by atoms with Crippen LogP contribution in [0.2, 0.25) is 0 Å². The molecule has 0 atom stereocenters. The van der Waals surface area contributed by atoms with Crippen LogP contribution < -0.4 is 5.32 Å². The number of aromatic nitrogens is 5. The van der Waals surface area contributed by atoms with E-state index in [9.17, 15) is 5.26 Å². The Morgan fingerprint density at radius 3 is 2.38 bits per heavy atom. The predicted octanol–water partition coefficient (Wildman–Crippen LogP) is 4.67. The Morgan fingerprint density at radius 2 is 1.64 bits per heavy atom. The van der Waals surface area contributed by atoms with Gasteiger partial charge in [-0.1, -0.05) is 54.6 Å². The minimum atomic E-state index is 0.184. The minimum Gasteiger partial charge on any atom is -0.367 e. The highest BCUT2D eigenvalue weighted by Crippen LogP contribution is 2.32. The summed E-state index contributed by atoms with van der Waals surface area (Å²) in [5.74, 6) is 0.889. The number of benzene rings is 2.